The van der Waals surface area contributed by atoms with Gasteiger partial charge in [-0.3, -0.25) is 5.43 Å². The highest BCUT2D eigenvalue weighted by Gasteiger charge is 2.13. The van der Waals surface area contributed by atoms with Crippen molar-refractivity contribution in [2.75, 3.05) is 11.2 Å². The molecule has 0 saturated heterocycles. The zero-order chi connectivity index (χ0) is 16.0. The Bertz CT molecular complexity index is 1030. The predicted molar refractivity (Wildman–Crippen MR) is 94.0 cm³/mol. The van der Waals surface area contributed by atoms with Crippen LogP contribution in [0.1, 0.15) is 17.1 Å². The molecule has 0 unspecified atom stereocenters. The third-order valence-corrected chi connectivity index (χ3v) is 4.12. The molecule has 0 fully saturated rings. The molecular weight excluding hydrogens is 308 g/mol. The van der Waals surface area contributed by atoms with E-state index < -0.39 is 0 Å². The molecule has 2 heterocycles. The Morgan fingerprint density at radius 2 is 2.00 bits per heavy atom. The van der Waals surface area contributed by atoms with Gasteiger partial charge in [0.2, 0.25) is 0 Å². The highest BCUT2D eigenvalue weighted by atomic mass is 35.5. The van der Waals surface area contributed by atoms with Gasteiger partial charge < -0.3 is 5.73 Å². The minimum Gasteiger partial charge on any atom is -0.398 e. The van der Waals surface area contributed by atoms with Gasteiger partial charge in [0.15, 0.2) is 5.82 Å². The Labute approximate surface area is 138 Å². The molecule has 0 radical (unpaired) electrons. The first-order valence-corrected chi connectivity index (χ1v) is 7.69. The van der Waals surface area contributed by atoms with Crippen molar-refractivity contribution in [2.24, 2.45) is 0 Å². The molecule has 0 bridgehead atoms. The number of anilines is 1. The lowest BCUT2D eigenvalue weighted by atomic mass is 10.1. The van der Waals surface area contributed by atoms with E-state index in [1.54, 1.807) is 0 Å². The summed E-state index contributed by atoms with van der Waals surface area (Å²) in [6, 6.07) is 13.6. The number of hydrogen-bond donors (Lipinski definition) is 2. The second kappa shape index (κ2) is 5.18. The third-order valence-electron chi connectivity index (χ3n) is 3.89. The average Bonchev–Trinajstić information content (AvgIpc) is 2.80. The second-order valence-corrected chi connectivity index (χ2v) is 6.00. The fraction of sp³-hybridized carbons (Fsp3) is 0.0556. The summed E-state index contributed by atoms with van der Waals surface area (Å²) in [5.74, 6) is 0.843. The Hall–Kier alpha value is -2.72. The van der Waals surface area contributed by atoms with Crippen molar-refractivity contribution in [3.05, 3.63) is 81.2 Å². The quantitative estimate of drug-likeness (QED) is 0.674. The summed E-state index contributed by atoms with van der Waals surface area (Å²) in [4.78, 5) is 4.55. The molecule has 4 rings (SSSR count). The number of benzene rings is 2. The maximum Gasteiger partial charge on any atom is 0.152 e. The number of nitrogen functional groups attached to an aromatic ring is 1. The lowest BCUT2D eigenvalue weighted by Gasteiger charge is -2.14. The van der Waals surface area contributed by atoms with Crippen molar-refractivity contribution in [3.63, 3.8) is 0 Å². The largest absolute Gasteiger partial charge is 0.398 e. The van der Waals surface area contributed by atoms with E-state index in [9.17, 15) is 0 Å². The van der Waals surface area contributed by atoms with Crippen molar-refractivity contribution in [3.8, 4) is 0 Å². The normalized spacial score (nSPS) is 12.7. The van der Waals surface area contributed by atoms with Crippen LogP contribution in [0.25, 0.3) is 11.8 Å². The standard InChI is InChI=1S/C18H15ClN4/c1-11-10-23-17(21-11)8-12-6-7-13(19)9-15(12)18(22-23)14-4-2-3-5-16(14)20/h2-10,22H,20H2,1H3. The van der Waals surface area contributed by atoms with Crippen molar-refractivity contribution < 1.29 is 0 Å². The Balaban J connectivity index is 2.11. The van der Waals surface area contributed by atoms with E-state index in [0.717, 1.165) is 33.2 Å². The van der Waals surface area contributed by atoms with E-state index in [4.69, 9.17) is 17.3 Å². The number of nitrogens with zero attached hydrogens (tertiary/aromatic N) is 2. The zero-order valence-corrected chi connectivity index (χ0v) is 13.3. The lowest BCUT2D eigenvalue weighted by molar-refractivity contribution is 0.943. The van der Waals surface area contributed by atoms with Gasteiger partial charge in [-0.25, -0.2) is 9.66 Å². The minimum atomic E-state index is 0.682. The summed E-state index contributed by atoms with van der Waals surface area (Å²) < 4.78 is 1.91. The molecule has 0 saturated carbocycles. The maximum atomic E-state index is 6.22. The molecule has 5 heteroatoms. The van der Waals surface area contributed by atoms with Crippen molar-refractivity contribution >= 4 is 29.1 Å². The van der Waals surface area contributed by atoms with Crippen LogP contribution in [-0.4, -0.2) is 9.66 Å². The second-order valence-electron chi connectivity index (χ2n) is 5.56. The van der Waals surface area contributed by atoms with Gasteiger partial charge in [0, 0.05) is 27.7 Å². The first kappa shape index (κ1) is 13.9. The number of halogens is 1. The number of aryl methyl sites for hydroxylation is 1. The van der Waals surface area contributed by atoms with Gasteiger partial charge in [0.1, 0.15) is 0 Å². The van der Waals surface area contributed by atoms with E-state index in [1.165, 1.54) is 0 Å². The van der Waals surface area contributed by atoms with E-state index in [0.29, 0.717) is 10.7 Å². The summed E-state index contributed by atoms with van der Waals surface area (Å²) in [7, 11) is 0. The minimum absolute atomic E-state index is 0.682. The summed E-state index contributed by atoms with van der Waals surface area (Å²) >= 11 is 6.22. The van der Waals surface area contributed by atoms with E-state index in [2.05, 4.69) is 10.4 Å². The van der Waals surface area contributed by atoms with Gasteiger partial charge >= 0.3 is 0 Å². The SMILES string of the molecule is Cc1cn2c(n1)C=c1ccc(Cl)cc1=C(c1ccccc1N)N2. The van der Waals surface area contributed by atoms with Gasteiger partial charge in [-0.2, -0.15) is 0 Å². The summed E-state index contributed by atoms with van der Waals surface area (Å²) in [6.07, 6.45) is 4.00. The van der Waals surface area contributed by atoms with Crippen molar-refractivity contribution in [1.82, 2.24) is 9.66 Å². The van der Waals surface area contributed by atoms with Crippen LogP contribution in [0.3, 0.4) is 0 Å². The third kappa shape index (κ3) is 2.37. The number of nitrogens with two attached hydrogens (primary N) is 1. The Kier molecular flexibility index (Phi) is 3.13. The molecule has 0 aliphatic carbocycles. The molecule has 0 amide bonds. The number of para-hydroxylation sites is 1. The number of rotatable bonds is 1. The molecule has 1 aliphatic rings. The number of imidazole rings is 1. The van der Waals surface area contributed by atoms with Crippen LogP contribution in [0.2, 0.25) is 5.02 Å². The first-order valence-electron chi connectivity index (χ1n) is 7.31. The zero-order valence-electron chi connectivity index (χ0n) is 12.5. The average molecular weight is 323 g/mol. The first-order chi connectivity index (χ1) is 11.1. The fourth-order valence-corrected chi connectivity index (χ4v) is 3.00. The highest BCUT2D eigenvalue weighted by Crippen LogP contribution is 2.19. The molecule has 23 heavy (non-hydrogen) atoms. The van der Waals surface area contributed by atoms with Crippen molar-refractivity contribution in [2.45, 2.75) is 6.92 Å². The Morgan fingerprint density at radius 3 is 2.83 bits per heavy atom. The smallest absolute Gasteiger partial charge is 0.152 e. The number of aromatic nitrogens is 2. The lowest BCUT2D eigenvalue weighted by Crippen LogP contribution is -2.30. The van der Waals surface area contributed by atoms with E-state index >= 15 is 0 Å². The molecule has 4 nitrogen and oxygen atoms in total. The van der Waals surface area contributed by atoms with Crippen LogP contribution in [-0.2, 0) is 0 Å². The Morgan fingerprint density at radius 1 is 1.17 bits per heavy atom. The van der Waals surface area contributed by atoms with Gasteiger partial charge in [0.05, 0.1) is 11.4 Å². The van der Waals surface area contributed by atoms with Crippen LogP contribution >= 0.6 is 11.6 Å². The van der Waals surface area contributed by atoms with Gasteiger partial charge in [-0.15, -0.1) is 0 Å². The predicted octanol–water partition coefficient (Wildman–Crippen LogP) is 1.97. The summed E-state index contributed by atoms with van der Waals surface area (Å²) in [5.41, 5.74) is 13.1. The van der Waals surface area contributed by atoms with Gasteiger partial charge in [-0.05, 0) is 36.4 Å². The molecule has 3 aromatic rings. The molecule has 1 aromatic heterocycles. The number of fused-ring (bicyclic) bond motifs is 2. The van der Waals surface area contributed by atoms with Crippen LogP contribution < -0.4 is 21.6 Å². The topological polar surface area (TPSA) is 55.9 Å². The number of nitrogens with one attached hydrogen (secondary N) is 1. The molecule has 2 aromatic carbocycles. The molecule has 114 valence electrons. The van der Waals surface area contributed by atoms with Gasteiger partial charge in [-0.1, -0.05) is 35.9 Å². The fourth-order valence-electron chi connectivity index (χ4n) is 2.83. The maximum absolute atomic E-state index is 6.22. The van der Waals surface area contributed by atoms with Gasteiger partial charge in [0.25, 0.3) is 0 Å². The molecule has 0 spiro atoms. The van der Waals surface area contributed by atoms with Crippen LogP contribution in [0.4, 0.5) is 5.69 Å². The van der Waals surface area contributed by atoms with Crippen LogP contribution in [0.15, 0.2) is 48.7 Å². The van der Waals surface area contributed by atoms with E-state index in [-0.39, 0.29) is 0 Å². The van der Waals surface area contributed by atoms with Crippen LogP contribution in [0, 0.1) is 6.92 Å². The molecule has 3 N–H and O–H groups in total. The summed E-state index contributed by atoms with van der Waals surface area (Å²) in [6.45, 7) is 1.97. The monoisotopic (exact) mass is 322 g/mol. The van der Waals surface area contributed by atoms with E-state index in [1.807, 2.05) is 66.3 Å². The van der Waals surface area contributed by atoms with Crippen LogP contribution in [0.5, 0.6) is 0 Å². The molecule has 1 aliphatic heterocycles. The highest BCUT2D eigenvalue weighted by molar-refractivity contribution is 6.30. The molecular formula is C18H15ClN4. The van der Waals surface area contributed by atoms with Crippen molar-refractivity contribution in [1.29, 1.82) is 0 Å². The summed E-state index contributed by atoms with van der Waals surface area (Å²) in [5, 5.41) is 2.73. The number of hydrogen-bond acceptors (Lipinski definition) is 3. The molecule has 0 atom stereocenters.